The Morgan fingerprint density at radius 2 is 1.68 bits per heavy atom. The lowest BCUT2D eigenvalue weighted by molar-refractivity contribution is -0.121. The highest BCUT2D eigenvalue weighted by molar-refractivity contribution is 5.98. The van der Waals surface area contributed by atoms with Gasteiger partial charge in [0.05, 0.1) is 6.61 Å². The first-order valence-electron chi connectivity index (χ1n) is 8.68. The van der Waals surface area contributed by atoms with Crippen molar-refractivity contribution in [2.45, 2.75) is 32.6 Å². The highest BCUT2D eigenvalue weighted by Crippen LogP contribution is 2.15. The third-order valence-electron chi connectivity index (χ3n) is 4.04. The Hall–Kier alpha value is -2.62. The number of carbonyl (C=O) groups is 2. The van der Waals surface area contributed by atoms with E-state index in [4.69, 9.17) is 4.74 Å². The molecular weight excluding hydrogens is 314 g/mol. The Morgan fingerprint density at radius 1 is 1.00 bits per heavy atom. The van der Waals surface area contributed by atoms with Gasteiger partial charge in [-0.1, -0.05) is 37.3 Å². The summed E-state index contributed by atoms with van der Waals surface area (Å²) in [5.41, 5.74) is 1.79. The van der Waals surface area contributed by atoms with E-state index in [1.807, 2.05) is 37.3 Å². The van der Waals surface area contributed by atoms with E-state index in [0.29, 0.717) is 18.7 Å². The third-order valence-corrected chi connectivity index (χ3v) is 4.04. The maximum Gasteiger partial charge on any atom is 0.220 e. The standard InChI is InChI=1S/C21H25NO3/c1-3-25-19-11-9-18(10-12-19)20(23)13-14-21(24)22-15-16(2)17-7-5-4-6-8-17/h4-12,16H,3,13-15H2,1-2H3,(H,22,24)/t16-/m0/s1. The summed E-state index contributed by atoms with van der Waals surface area (Å²) in [6, 6.07) is 17.1. The van der Waals surface area contributed by atoms with Crippen LogP contribution in [0.3, 0.4) is 0 Å². The number of Topliss-reactive ketones (excluding diaryl/α,β-unsaturated/α-hetero) is 1. The van der Waals surface area contributed by atoms with Crippen LogP contribution in [0.1, 0.15) is 48.5 Å². The predicted octanol–water partition coefficient (Wildman–Crippen LogP) is 3.97. The van der Waals surface area contributed by atoms with Crippen molar-refractivity contribution in [3.05, 3.63) is 65.7 Å². The van der Waals surface area contributed by atoms with Crippen LogP contribution in [0.2, 0.25) is 0 Å². The van der Waals surface area contributed by atoms with Gasteiger partial charge >= 0.3 is 0 Å². The molecule has 0 aliphatic heterocycles. The minimum atomic E-state index is -0.0953. The van der Waals surface area contributed by atoms with Crippen LogP contribution in [0, 0.1) is 0 Å². The van der Waals surface area contributed by atoms with Gasteiger partial charge in [0.15, 0.2) is 5.78 Å². The van der Waals surface area contributed by atoms with E-state index in [0.717, 1.165) is 5.75 Å². The Balaban J connectivity index is 1.74. The lowest BCUT2D eigenvalue weighted by Crippen LogP contribution is -2.27. The highest BCUT2D eigenvalue weighted by atomic mass is 16.5. The normalized spacial score (nSPS) is 11.6. The number of ketones is 1. The highest BCUT2D eigenvalue weighted by Gasteiger charge is 2.11. The van der Waals surface area contributed by atoms with Gasteiger partial charge in [0.2, 0.25) is 5.91 Å². The summed E-state index contributed by atoms with van der Waals surface area (Å²) in [5.74, 6) is 0.857. The topological polar surface area (TPSA) is 55.4 Å². The number of hydrogen-bond donors (Lipinski definition) is 1. The Labute approximate surface area is 149 Å². The number of carbonyl (C=O) groups excluding carboxylic acids is 2. The second-order valence-electron chi connectivity index (χ2n) is 6.00. The molecule has 1 N–H and O–H groups in total. The van der Waals surface area contributed by atoms with Crippen molar-refractivity contribution in [2.24, 2.45) is 0 Å². The molecular formula is C21H25NO3. The summed E-state index contributed by atoms with van der Waals surface area (Å²) >= 11 is 0. The van der Waals surface area contributed by atoms with Gasteiger partial charge < -0.3 is 10.1 Å². The fourth-order valence-corrected chi connectivity index (χ4v) is 2.53. The summed E-state index contributed by atoms with van der Waals surface area (Å²) in [6.45, 7) is 5.14. The summed E-state index contributed by atoms with van der Waals surface area (Å²) in [7, 11) is 0. The van der Waals surface area contributed by atoms with Crippen molar-refractivity contribution in [3.8, 4) is 5.75 Å². The monoisotopic (exact) mass is 339 g/mol. The van der Waals surface area contributed by atoms with Crippen molar-refractivity contribution in [1.29, 1.82) is 0 Å². The number of rotatable bonds is 9. The molecule has 0 aliphatic rings. The molecule has 0 saturated carbocycles. The zero-order valence-electron chi connectivity index (χ0n) is 14.8. The molecule has 0 fully saturated rings. The molecule has 0 unspecified atom stereocenters. The Morgan fingerprint density at radius 3 is 2.32 bits per heavy atom. The van der Waals surface area contributed by atoms with Crippen LogP contribution in [-0.2, 0) is 4.79 Å². The molecule has 0 radical (unpaired) electrons. The van der Waals surface area contributed by atoms with E-state index in [-0.39, 0.29) is 30.4 Å². The molecule has 1 atom stereocenters. The van der Waals surface area contributed by atoms with Gasteiger partial charge in [-0.25, -0.2) is 0 Å². The SMILES string of the molecule is CCOc1ccc(C(=O)CCC(=O)NC[C@H](C)c2ccccc2)cc1. The van der Waals surface area contributed by atoms with Crippen LogP contribution in [0.25, 0.3) is 0 Å². The second-order valence-corrected chi connectivity index (χ2v) is 6.00. The molecule has 132 valence electrons. The third kappa shape index (κ3) is 6.07. The van der Waals surface area contributed by atoms with Crippen LogP contribution in [0.4, 0.5) is 0 Å². The van der Waals surface area contributed by atoms with E-state index in [1.54, 1.807) is 24.3 Å². The van der Waals surface area contributed by atoms with Gasteiger partial charge in [-0.15, -0.1) is 0 Å². The molecule has 2 rings (SSSR count). The predicted molar refractivity (Wildman–Crippen MR) is 99.0 cm³/mol. The number of nitrogens with one attached hydrogen (secondary N) is 1. The first-order valence-corrected chi connectivity index (χ1v) is 8.68. The Bertz CT molecular complexity index is 680. The maximum absolute atomic E-state index is 12.2. The number of hydrogen-bond acceptors (Lipinski definition) is 3. The number of ether oxygens (including phenoxy) is 1. The van der Waals surface area contributed by atoms with Crippen molar-refractivity contribution in [2.75, 3.05) is 13.2 Å². The molecule has 4 nitrogen and oxygen atoms in total. The lowest BCUT2D eigenvalue weighted by atomic mass is 10.0. The zero-order valence-corrected chi connectivity index (χ0v) is 14.8. The minimum Gasteiger partial charge on any atom is -0.494 e. The van der Waals surface area contributed by atoms with E-state index in [9.17, 15) is 9.59 Å². The largest absolute Gasteiger partial charge is 0.494 e. The average molecular weight is 339 g/mol. The van der Waals surface area contributed by atoms with Crippen molar-refractivity contribution >= 4 is 11.7 Å². The van der Waals surface area contributed by atoms with Crippen molar-refractivity contribution < 1.29 is 14.3 Å². The molecule has 0 heterocycles. The van der Waals surface area contributed by atoms with Crippen LogP contribution in [-0.4, -0.2) is 24.8 Å². The van der Waals surface area contributed by atoms with Gasteiger partial charge in [-0.05, 0) is 42.7 Å². The molecule has 0 aromatic heterocycles. The molecule has 2 aromatic carbocycles. The van der Waals surface area contributed by atoms with Gasteiger partial charge in [0.25, 0.3) is 0 Å². The van der Waals surface area contributed by atoms with Crippen LogP contribution < -0.4 is 10.1 Å². The Kier molecular flexibility index (Phi) is 7.20. The van der Waals surface area contributed by atoms with Crippen LogP contribution in [0.15, 0.2) is 54.6 Å². The second kappa shape index (κ2) is 9.62. The van der Waals surface area contributed by atoms with Gasteiger partial charge in [-0.2, -0.15) is 0 Å². The fraction of sp³-hybridized carbons (Fsp3) is 0.333. The van der Waals surface area contributed by atoms with Gasteiger partial charge in [-0.3, -0.25) is 9.59 Å². The van der Waals surface area contributed by atoms with Crippen molar-refractivity contribution in [1.82, 2.24) is 5.32 Å². The van der Waals surface area contributed by atoms with E-state index < -0.39 is 0 Å². The molecule has 0 aliphatic carbocycles. The smallest absolute Gasteiger partial charge is 0.220 e. The van der Waals surface area contributed by atoms with E-state index in [2.05, 4.69) is 12.2 Å². The summed E-state index contributed by atoms with van der Waals surface area (Å²) in [5, 5.41) is 2.90. The molecule has 25 heavy (non-hydrogen) atoms. The summed E-state index contributed by atoms with van der Waals surface area (Å²) in [4.78, 5) is 24.1. The summed E-state index contributed by atoms with van der Waals surface area (Å²) < 4.78 is 5.35. The van der Waals surface area contributed by atoms with Gasteiger partial charge in [0, 0.05) is 24.9 Å². The number of benzene rings is 2. The van der Waals surface area contributed by atoms with Crippen LogP contribution >= 0.6 is 0 Å². The van der Waals surface area contributed by atoms with E-state index >= 15 is 0 Å². The molecule has 1 amide bonds. The molecule has 0 saturated heterocycles. The lowest BCUT2D eigenvalue weighted by Gasteiger charge is -2.13. The quantitative estimate of drug-likeness (QED) is 0.703. The fourth-order valence-electron chi connectivity index (χ4n) is 2.53. The first-order chi connectivity index (χ1) is 12.1. The molecule has 0 bridgehead atoms. The maximum atomic E-state index is 12.2. The number of amides is 1. The van der Waals surface area contributed by atoms with Crippen LogP contribution in [0.5, 0.6) is 5.75 Å². The first kappa shape index (κ1) is 18.7. The molecule has 2 aromatic rings. The summed E-state index contributed by atoms with van der Waals surface area (Å²) in [6.07, 6.45) is 0.410. The minimum absolute atomic E-state index is 0.0330. The van der Waals surface area contributed by atoms with E-state index in [1.165, 1.54) is 5.56 Å². The zero-order chi connectivity index (χ0) is 18.1. The van der Waals surface area contributed by atoms with Crippen molar-refractivity contribution in [3.63, 3.8) is 0 Å². The molecule has 0 spiro atoms. The molecule has 4 heteroatoms. The average Bonchev–Trinajstić information content (AvgIpc) is 2.65. The van der Waals surface area contributed by atoms with Gasteiger partial charge in [0.1, 0.15) is 5.75 Å².